The van der Waals surface area contributed by atoms with Crippen molar-refractivity contribution >= 4 is 30.8 Å². The highest BCUT2D eigenvalue weighted by molar-refractivity contribution is 7.65. The first-order valence-corrected chi connectivity index (χ1v) is 22.8. The van der Waals surface area contributed by atoms with Gasteiger partial charge in [0.05, 0.1) is 25.5 Å². The molecule has 1 saturated carbocycles. The summed E-state index contributed by atoms with van der Waals surface area (Å²) in [7, 11) is -4.84. The minimum absolute atomic E-state index is 0.00668. The number of hydrogen-bond donors (Lipinski definition) is 4. The van der Waals surface area contributed by atoms with Crippen LogP contribution in [0.2, 0.25) is 0 Å². The van der Waals surface area contributed by atoms with E-state index in [1.807, 2.05) is 0 Å². The van der Waals surface area contributed by atoms with Gasteiger partial charge in [-0.3, -0.25) is 9.05 Å². The zero-order valence-corrected chi connectivity index (χ0v) is 35.0. The lowest BCUT2D eigenvalue weighted by Gasteiger charge is -2.32. The molecule has 0 spiro atoms. The fourth-order valence-corrected chi connectivity index (χ4v) is 9.01. The zero-order chi connectivity index (χ0) is 40.9. The first-order chi connectivity index (χ1) is 27.4. The Hall–Kier alpha value is -2.50. The smallest absolute Gasteiger partial charge is 0.386 e. The first kappa shape index (κ1) is 45.6. The molecule has 57 heavy (non-hydrogen) atoms. The maximum absolute atomic E-state index is 14.1. The van der Waals surface area contributed by atoms with Crippen LogP contribution in [0.1, 0.15) is 128 Å². The van der Waals surface area contributed by atoms with Crippen LogP contribution in [0.3, 0.4) is 0 Å². The Morgan fingerprint density at radius 3 is 2.21 bits per heavy atom. The third-order valence-corrected chi connectivity index (χ3v) is 12.4. The number of nitrogens with two attached hydrogens (primary N) is 1. The molecule has 0 bridgehead atoms. The minimum atomic E-state index is -4.84. The van der Waals surface area contributed by atoms with Gasteiger partial charge in [-0.1, -0.05) is 103 Å². The monoisotopic (exact) mass is 839 g/mol. The van der Waals surface area contributed by atoms with E-state index in [0.29, 0.717) is 23.4 Å². The summed E-state index contributed by atoms with van der Waals surface area (Å²) in [5.41, 5.74) is 3.73. The number of anilines is 1. The highest BCUT2D eigenvalue weighted by Crippen LogP contribution is 2.63. The van der Waals surface area contributed by atoms with Crippen LogP contribution in [0.5, 0.6) is 0 Å². The molecular formula is C40H61FN4O10PS+. The lowest BCUT2D eigenvalue weighted by atomic mass is 9.91. The van der Waals surface area contributed by atoms with Crippen molar-refractivity contribution < 1.29 is 51.5 Å². The Bertz CT molecular complexity index is 1770. The number of phosphoric ester groups is 1. The average molecular weight is 840 g/mol. The molecule has 3 aromatic rings. The molecule has 14 nitrogen and oxygen atoms in total. The Morgan fingerprint density at radius 1 is 0.982 bits per heavy atom. The van der Waals surface area contributed by atoms with Gasteiger partial charge in [-0.25, -0.2) is 18.5 Å². The van der Waals surface area contributed by atoms with E-state index >= 15 is 0 Å². The van der Waals surface area contributed by atoms with Gasteiger partial charge in [0.1, 0.15) is 47.7 Å². The summed E-state index contributed by atoms with van der Waals surface area (Å²) in [4.78, 5) is 14.8. The Kier molecular flexibility index (Phi) is 17.3. The SMILES string of the molecule is CCCCCCCCCCCCCCCCCCOC[C@H](COP(=O)(O)OC1[C@H]2O[C@@](C)(c3ccc4c(N)ncnn34)[C@H](O)[C@@]12O)OCc1cc(F)cc([S+]=O)c1. The molecule has 1 aromatic carbocycles. The van der Waals surface area contributed by atoms with E-state index in [1.54, 1.807) is 19.1 Å². The molecule has 17 heteroatoms. The Labute approximate surface area is 339 Å². The van der Waals surface area contributed by atoms with Crippen LogP contribution >= 0.6 is 7.82 Å². The standard InChI is InChI=1S/C40H60FN4O10PS/c1-3-4-5-6-7-8-9-10-11-12-13-14-15-16-17-18-21-51-26-31(52-25-29-22-30(41)24-32(23-29)57-50)27-53-56(48,49)55-36-35-40(36,47)38(46)39(2,54-35)34-20-19-33-37(42)43-28-44-45(33)34/h19-20,22-24,28,31,35-36,38,46-47H,3-18,21,25-27H2,1-2H3,(H2-,42,43,44,48,49)/p+1/t31-,35-,36?,38+,39+,40+/m1/s1. The predicted octanol–water partition coefficient (Wildman–Crippen LogP) is 7.32. The quantitative estimate of drug-likeness (QED) is 0.0309. The van der Waals surface area contributed by atoms with Crippen LogP contribution in [-0.2, 0) is 55.9 Å². The number of benzene rings is 1. The molecule has 318 valence electrons. The third kappa shape index (κ3) is 12.3. The topological polar surface area (TPSA) is 197 Å². The second-order valence-electron chi connectivity index (χ2n) is 15.6. The molecule has 2 fully saturated rings. The number of nitrogen functional groups attached to an aromatic ring is 1. The molecule has 1 saturated heterocycles. The van der Waals surface area contributed by atoms with Gasteiger partial charge >= 0.3 is 19.5 Å². The van der Waals surface area contributed by atoms with E-state index in [4.69, 9.17) is 29.0 Å². The predicted molar refractivity (Wildman–Crippen MR) is 213 cm³/mol. The van der Waals surface area contributed by atoms with E-state index < -0.39 is 55.9 Å². The van der Waals surface area contributed by atoms with Crippen LogP contribution in [0.4, 0.5) is 10.2 Å². The number of unbranched alkanes of at least 4 members (excludes halogenated alkanes) is 15. The zero-order valence-electron chi connectivity index (χ0n) is 33.3. The van der Waals surface area contributed by atoms with Crippen molar-refractivity contribution in [2.75, 3.05) is 25.6 Å². The molecule has 1 aliphatic heterocycles. The molecule has 0 radical (unpaired) electrons. The Balaban J connectivity index is 1.03. The van der Waals surface area contributed by atoms with E-state index in [1.165, 1.54) is 106 Å². The number of aromatic nitrogens is 3. The van der Waals surface area contributed by atoms with Gasteiger partial charge in [0.25, 0.3) is 4.90 Å². The molecule has 2 aromatic heterocycles. The number of hydrogen-bond acceptors (Lipinski definition) is 12. The van der Waals surface area contributed by atoms with E-state index in [-0.39, 0.29) is 35.6 Å². The van der Waals surface area contributed by atoms with Gasteiger partial charge in [-0.2, -0.15) is 5.10 Å². The summed E-state index contributed by atoms with van der Waals surface area (Å²) in [6.45, 7) is 3.71. The number of aliphatic hydroxyl groups excluding tert-OH is 1. The Morgan fingerprint density at radius 2 is 1.61 bits per heavy atom. The lowest BCUT2D eigenvalue weighted by Crippen LogP contribution is -2.46. The van der Waals surface area contributed by atoms with E-state index in [9.17, 15) is 28.3 Å². The van der Waals surface area contributed by atoms with E-state index in [0.717, 1.165) is 25.3 Å². The molecule has 7 atom stereocenters. The summed E-state index contributed by atoms with van der Waals surface area (Å²) in [5.74, 6) is -0.378. The summed E-state index contributed by atoms with van der Waals surface area (Å²) in [6.07, 6.45) is 16.4. The van der Waals surface area contributed by atoms with Gasteiger partial charge in [0, 0.05) is 22.9 Å². The fraction of sp³-hybridized carbons (Fsp3) is 0.700. The second kappa shape index (κ2) is 21.7. The number of phosphoric acid groups is 1. The maximum atomic E-state index is 14.1. The number of aliphatic hydroxyl groups is 2. The minimum Gasteiger partial charge on any atom is -0.386 e. The molecule has 2 aliphatic rings. The molecule has 5 N–H and O–H groups in total. The number of nitrogens with zero attached hydrogens (tertiary/aromatic N) is 3. The summed E-state index contributed by atoms with van der Waals surface area (Å²) in [6, 6.07) is 7.15. The summed E-state index contributed by atoms with van der Waals surface area (Å²) in [5, 5.41) is 26.8. The van der Waals surface area contributed by atoms with Crippen LogP contribution in [0, 0.1) is 5.82 Å². The van der Waals surface area contributed by atoms with Crippen LogP contribution in [0.15, 0.2) is 41.6 Å². The van der Waals surface area contributed by atoms with Gasteiger partial charge in [0.15, 0.2) is 11.4 Å². The number of ether oxygens (including phenoxy) is 3. The summed E-state index contributed by atoms with van der Waals surface area (Å²) < 4.78 is 68.4. The molecular weight excluding hydrogens is 778 g/mol. The number of rotatable bonds is 29. The van der Waals surface area contributed by atoms with Gasteiger partial charge < -0.3 is 35.1 Å². The highest BCUT2D eigenvalue weighted by Gasteiger charge is 2.82. The number of halogens is 1. The lowest BCUT2D eigenvalue weighted by molar-refractivity contribution is -0.127. The highest BCUT2D eigenvalue weighted by atomic mass is 32.1. The summed E-state index contributed by atoms with van der Waals surface area (Å²) >= 11 is 0.156. The van der Waals surface area contributed by atoms with Crippen molar-refractivity contribution in [3.05, 3.63) is 53.7 Å². The molecule has 2 unspecified atom stereocenters. The van der Waals surface area contributed by atoms with Gasteiger partial charge in [-0.05, 0) is 37.1 Å². The molecule has 1 aliphatic carbocycles. The third-order valence-electron chi connectivity index (χ3n) is 11.0. The normalized spacial score (nSPS) is 24.4. The van der Waals surface area contributed by atoms with Crippen molar-refractivity contribution in [2.24, 2.45) is 0 Å². The van der Waals surface area contributed by atoms with Crippen molar-refractivity contribution in [1.82, 2.24) is 14.6 Å². The van der Waals surface area contributed by atoms with Crippen molar-refractivity contribution in [3.63, 3.8) is 0 Å². The molecule has 5 rings (SSSR count). The van der Waals surface area contributed by atoms with Crippen LogP contribution < -0.4 is 5.73 Å². The van der Waals surface area contributed by atoms with Crippen LogP contribution in [-0.4, -0.2) is 79.5 Å². The molecule has 0 amide bonds. The maximum Gasteiger partial charge on any atom is 0.505 e. The van der Waals surface area contributed by atoms with Crippen LogP contribution in [0.25, 0.3) is 5.52 Å². The van der Waals surface area contributed by atoms with Crippen molar-refractivity contribution in [3.8, 4) is 0 Å². The van der Waals surface area contributed by atoms with E-state index in [2.05, 4.69) is 17.0 Å². The van der Waals surface area contributed by atoms with Gasteiger partial charge in [-0.15, -0.1) is 0 Å². The second-order valence-corrected chi connectivity index (χ2v) is 17.6. The van der Waals surface area contributed by atoms with Gasteiger partial charge in [0.2, 0.25) is 0 Å². The van der Waals surface area contributed by atoms with Crippen molar-refractivity contribution in [1.29, 1.82) is 0 Å². The fourth-order valence-electron chi connectivity index (χ4n) is 7.67. The largest absolute Gasteiger partial charge is 0.505 e. The van der Waals surface area contributed by atoms with Crippen molar-refractivity contribution in [2.45, 2.75) is 164 Å². The number of fused-ring (bicyclic) bond motifs is 2. The molecule has 3 heterocycles. The first-order valence-electron chi connectivity index (χ1n) is 20.5. The average Bonchev–Trinajstić information content (AvgIpc) is 3.43.